The van der Waals surface area contributed by atoms with Crippen LogP contribution in [0.25, 0.3) is 16.7 Å². The van der Waals surface area contributed by atoms with Crippen LogP contribution < -0.4 is 5.56 Å². The van der Waals surface area contributed by atoms with E-state index >= 15 is 0 Å². The van der Waals surface area contributed by atoms with E-state index in [4.69, 9.17) is 0 Å². The van der Waals surface area contributed by atoms with Crippen molar-refractivity contribution >= 4 is 34.3 Å². The summed E-state index contributed by atoms with van der Waals surface area (Å²) < 4.78 is 3.64. The minimum atomic E-state index is -0.0450. The lowest BCUT2D eigenvalue weighted by atomic mass is 10.1. The smallest absolute Gasteiger partial charge is 0.262 e. The van der Waals surface area contributed by atoms with E-state index in [1.165, 1.54) is 17.3 Å². The van der Waals surface area contributed by atoms with Gasteiger partial charge in [0.25, 0.3) is 5.56 Å². The first-order valence-electron chi connectivity index (χ1n) is 12.4. The second-order valence-electron chi connectivity index (χ2n) is 8.89. The number of benzene rings is 2. The molecule has 35 heavy (non-hydrogen) atoms. The van der Waals surface area contributed by atoms with Gasteiger partial charge in [0, 0.05) is 19.6 Å². The van der Waals surface area contributed by atoms with E-state index in [-0.39, 0.29) is 17.2 Å². The number of para-hydroxylation sites is 1. The molecule has 0 unspecified atom stereocenters. The predicted octanol–water partition coefficient (Wildman–Crippen LogP) is 5.07. The van der Waals surface area contributed by atoms with Crippen molar-refractivity contribution in [3.05, 3.63) is 70.0 Å². The summed E-state index contributed by atoms with van der Waals surface area (Å²) in [6, 6.07) is 15.8. The second-order valence-corrected chi connectivity index (χ2v) is 9.83. The molecule has 2 aromatic carbocycles. The largest absolute Gasteiger partial charge is 0.338 e. The van der Waals surface area contributed by atoms with Crippen molar-refractivity contribution in [1.29, 1.82) is 0 Å². The van der Waals surface area contributed by atoms with Gasteiger partial charge in [0.1, 0.15) is 0 Å². The fourth-order valence-corrected chi connectivity index (χ4v) is 5.08. The molecule has 2 aromatic heterocycles. The molecule has 7 nitrogen and oxygen atoms in total. The predicted molar refractivity (Wildman–Crippen MR) is 142 cm³/mol. The Morgan fingerprint density at radius 2 is 1.77 bits per heavy atom. The van der Waals surface area contributed by atoms with Crippen LogP contribution in [0.3, 0.4) is 0 Å². The first-order chi connectivity index (χ1) is 17.0. The van der Waals surface area contributed by atoms with E-state index in [9.17, 15) is 9.59 Å². The monoisotopic (exact) mass is 491 g/mol. The number of rotatable bonds is 11. The van der Waals surface area contributed by atoms with Gasteiger partial charge in [-0.1, -0.05) is 80.4 Å². The third-order valence-electron chi connectivity index (χ3n) is 6.13. The van der Waals surface area contributed by atoms with Crippen molar-refractivity contribution in [3.8, 4) is 0 Å². The number of hydrogen-bond donors (Lipinski definition) is 0. The number of unbranched alkanes of at least 4 members (excludes halogenated alkanes) is 2. The minimum Gasteiger partial charge on any atom is -0.338 e. The Bertz CT molecular complexity index is 1360. The van der Waals surface area contributed by atoms with E-state index in [1.807, 2.05) is 33.6 Å². The van der Waals surface area contributed by atoms with Crippen LogP contribution >= 0.6 is 11.8 Å². The maximum atomic E-state index is 13.2. The molecule has 0 aliphatic carbocycles. The summed E-state index contributed by atoms with van der Waals surface area (Å²) in [7, 11) is 0. The fourth-order valence-electron chi connectivity index (χ4n) is 4.24. The molecule has 184 valence electrons. The van der Waals surface area contributed by atoms with Crippen molar-refractivity contribution in [2.75, 3.05) is 12.3 Å². The molecule has 0 saturated carbocycles. The number of hydrogen-bond acceptors (Lipinski definition) is 5. The highest BCUT2D eigenvalue weighted by atomic mass is 32.2. The lowest BCUT2D eigenvalue weighted by molar-refractivity contribution is -0.129. The number of nitrogens with zero attached hydrogens (tertiary/aromatic N) is 5. The lowest BCUT2D eigenvalue weighted by Gasteiger charge is -2.22. The zero-order chi connectivity index (χ0) is 24.8. The number of aromatic nitrogens is 4. The molecule has 0 atom stereocenters. The highest BCUT2D eigenvalue weighted by molar-refractivity contribution is 7.99. The molecule has 0 N–H and O–H groups in total. The maximum absolute atomic E-state index is 13.2. The highest BCUT2D eigenvalue weighted by Gasteiger charge is 2.19. The summed E-state index contributed by atoms with van der Waals surface area (Å²) in [6.45, 7) is 8.18. The number of thioether (sulfide) groups is 1. The van der Waals surface area contributed by atoms with Crippen LogP contribution in [0.5, 0.6) is 0 Å². The van der Waals surface area contributed by atoms with Gasteiger partial charge in [-0.15, -0.1) is 10.2 Å². The van der Waals surface area contributed by atoms with Crippen LogP contribution in [0.2, 0.25) is 0 Å². The normalized spacial score (nSPS) is 11.4. The Morgan fingerprint density at radius 3 is 2.51 bits per heavy atom. The van der Waals surface area contributed by atoms with E-state index in [0.717, 1.165) is 36.8 Å². The Kier molecular flexibility index (Phi) is 8.23. The van der Waals surface area contributed by atoms with Crippen LogP contribution in [0.4, 0.5) is 0 Å². The number of amides is 1. The summed E-state index contributed by atoms with van der Waals surface area (Å²) in [4.78, 5) is 28.3. The summed E-state index contributed by atoms with van der Waals surface area (Å²) in [5.41, 5.74) is 3.05. The van der Waals surface area contributed by atoms with Crippen molar-refractivity contribution < 1.29 is 4.79 Å². The minimum absolute atomic E-state index is 0.0450. The third-order valence-corrected chi connectivity index (χ3v) is 7.04. The van der Waals surface area contributed by atoms with Gasteiger partial charge in [-0.3, -0.25) is 18.6 Å². The molecule has 4 aromatic rings. The Balaban J connectivity index is 1.60. The molecule has 0 radical (unpaired) electrons. The highest BCUT2D eigenvalue weighted by Crippen LogP contribution is 2.22. The van der Waals surface area contributed by atoms with E-state index in [2.05, 4.69) is 55.2 Å². The summed E-state index contributed by atoms with van der Waals surface area (Å²) in [6.07, 6.45) is 3.92. The van der Waals surface area contributed by atoms with Crippen molar-refractivity contribution in [3.63, 3.8) is 0 Å². The van der Waals surface area contributed by atoms with Gasteiger partial charge in [-0.05, 0) is 37.5 Å². The van der Waals surface area contributed by atoms with Crippen LogP contribution in [0, 0.1) is 6.92 Å². The zero-order valence-electron chi connectivity index (χ0n) is 20.7. The Morgan fingerprint density at radius 1 is 1.00 bits per heavy atom. The SMILES string of the molecule is CCCCCn1c(=O)c2ccccc2n2c(SCC(=O)N(CCC)Cc3ccc(C)cc3)nnc12. The molecule has 0 fully saturated rings. The third kappa shape index (κ3) is 5.59. The average molecular weight is 492 g/mol. The first kappa shape index (κ1) is 25.0. The van der Waals surface area contributed by atoms with Gasteiger partial charge in [0.15, 0.2) is 5.16 Å². The second kappa shape index (κ2) is 11.5. The molecule has 0 bridgehead atoms. The fraction of sp³-hybridized carbons (Fsp3) is 0.407. The Hall–Kier alpha value is -3.13. The molecule has 4 rings (SSSR count). The molecule has 1 amide bonds. The number of carbonyl (C=O) groups excluding carboxylic acids is 1. The van der Waals surface area contributed by atoms with Gasteiger partial charge in [0.05, 0.1) is 16.7 Å². The molecule has 0 saturated heterocycles. The van der Waals surface area contributed by atoms with E-state index in [1.54, 1.807) is 4.57 Å². The van der Waals surface area contributed by atoms with Crippen molar-refractivity contribution in [2.24, 2.45) is 0 Å². The van der Waals surface area contributed by atoms with Crippen molar-refractivity contribution in [1.82, 2.24) is 24.1 Å². The summed E-state index contributed by atoms with van der Waals surface area (Å²) in [5, 5.41) is 10.0. The molecule has 0 aliphatic heterocycles. The van der Waals surface area contributed by atoms with Gasteiger partial charge < -0.3 is 4.90 Å². The van der Waals surface area contributed by atoms with Crippen LogP contribution in [0.1, 0.15) is 50.7 Å². The van der Waals surface area contributed by atoms with Crippen LogP contribution in [-0.4, -0.2) is 42.3 Å². The maximum Gasteiger partial charge on any atom is 0.262 e. The first-order valence-corrected chi connectivity index (χ1v) is 13.3. The number of aryl methyl sites for hydroxylation is 2. The van der Waals surface area contributed by atoms with Gasteiger partial charge >= 0.3 is 0 Å². The molecule has 8 heteroatoms. The molecule has 0 aliphatic rings. The molecule has 0 spiro atoms. The standard InChI is InChI=1S/C27H33N5O2S/c1-4-6-9-17-31-25(34)22-10-7-8-11-23(22)32-26(31)28-29-27(32)35-19-24(33)30(16-5-2)18-21-14-12-20(3)13-15-21/h7-8,10-15H,4-6,9,16-19H2,1-3H3. The number of fused-ring (bicyclic) bond motifs is 3. The lowest BCUT2D eigenvalue weighted by Crippen LogP contribution is -2.32. The summed E-state index contributed by atoms with van der Waals surface area (Å²) in [5.74, 6) is 0.857. The average Bonchev–Trinajstić information content (AvgIpc) is 3.29. The van der Waals surface area contributed by atoms with Gasteiger partial charge in [-0.2, -0.15) is 0 Å². The van der Waals surface area contributed by atoms with Gasteiger partial charge in [-0.25, -0.2) is 0 Å². The Labute approximate surface area is 210 Å². The molecular formula is C27H33N5O2S. The van der Waals surface area contributed by atoms with E-state index < -0.39 is 0 Å². The number of carbonyl (C=O) groups is 1. The molecular weight excluding hydrogens is 458 g/mol. The summed E-state index contributed by atoms with van der Waals surface area (Å²) >= 11 is 1.37. The van der Waals surface area contributed by atoms with E-state index in [0.29, 0.717) is 36.0 Å². The molecule has 2 heterocycles. The van der Waals surface area contributed by atoms with Crippen LogP contribution in [0.15, 0.2) is 58.5 Å². The quantitative estimate of drug-likeness (QED) is 0.216. The van der Waals surface area contributed by atoms with Gasteiger partial charge in [0.2, 0.25) is 11.7 Å². The van der Waals surface area contributed by atoms with Crippen LogP contribution in [-0.2, 0) is 17.9 Å². The topological polar surface area (TPSA) is 72.5 Å². The van der Waals surface area contributed by atoms with Crippen molar-refractivity contribution in [2.45, 2.75) is 64.7 Å². The zero-order valence-corrected chi connectivity index (χ0v) is 21.6.